The van der Waals surface area contributed by atoms with Crippen LogP contribution in [0.4, 0.5) is 17.6 Å². The van der Waals surface area contributed by atoms with E-state index in [1.54, 1.807) is 0 Å². The third-order valence-corrected chi connectivity index (χ3v) is 7.20. The van der Waals surface area contributed by atoms with Crippen LogP contribution in [0.5, 0.6) is 11.5 Å². The summed E-state index contributed by atoms with van der Waals surface area (Å²) in [4.78, 5) is 8.08. The first-order valence-electron chi connectivity index (χ1n) is 10.2. The van der Waals surface area contributed by atoms with Crippen molar-refractivity contribution in [3.63, 3.8) is 0 Å². The minimum absolute atomic E-state index is 0.0756. The Morgan fingerprint density at radius 2 is 1.74 bits per heavy atom. The number of benzene rings is 3. The number of halogens is 5. The van der Waals surface area contributed by atoms with E-state index in [0.29, 0.717) is 0 Å². The van der Waals surface area contributed by atoms with Gasteiger partial charge in [0.15, 0.2) is 9.84 Å². The van der Waals surface area contributed by atoms with Crippen LogP contribution in [0.3, 0.4) is 0 Å². The summed E-state index contributed by atoms with van der Waals surface area (Å²) in [5.74, 6) is -0.854. The molecule has 3 aromatic carbocycles. The predicted molar refractivity (Wildman–Crippen MR) is 124 cm³/mol. The van der Waals surface area contributed by atoms with Crippen molar-refractivity contribution < 1.29 is 30.7 Å². The molecule has 0 spiro atoms. The normalized spacial score (nSPS) is 12.2. The lowest BCUT2D eigenvalue weighted by Gasteiger charge is -2.14. The summed E-state index contributed by atoms with van der Waals surface area (Å²) in [5.41, 5.74) is -0.765. The van der Waals surface area contributed by atoms with Gasteiger partial charge in [-0.3, -0.25) is 0 Å². The summed E-state index contributed by atoms with van der Waals surface area (Å²) in [6, 6.07) is 11.1. The number of nitrogens with zero attached hydrogens (tertiary/aromatic N) is 2. The van der Waals surface area contributed by atoms with Gasteiger partial charge in [-0.2, -0.15) is 13.2 Å². The second-order valence-electron chi connectivity index (χ2n) is 7.59. The van der Waals surface area contributed by atoms with Crippen LogP contribution in [-0.4, -0.2) is 24.1 Å². The number of hydrogen-bond acceptors (Lipinski definition) is 5. The van der Waals surface area contributed by atoms with E-state index in [1.807, 2.05) is 0 Å². The predicted octanol–water partition coefficient (Wildman–Crippen LogP) is 7.00. The molecule has 0 aliphatic carbocycles. The molecule has 35 heavy (non-hydrogen) atoms. The Kier molecular flexibility index (Phi) is 6.46. The lowest BCUT2D eigenvalue weighted by atomic mass is 10.0. The average molecular weight is 525 g/mol. The maximum atomic E-state index is 14.1. The van der Waals surface area contributed by atoms with E-state index < -0.39 is 27.4 Å². The van der Waals surface area contributed by atoms with Crippen molar-refractivity contribution in [2.75, 3.05) is 5.75 Å². The Labute approximate surface area is 203 Å². The zero-order chi connectivity index (χ0) is 25.5. The van der Waals surface area contributed by atoms with Gasteiger partial charge in [0.25, 0.3) is 0 Å². The van der Waals surface area contributed by atoms with Gasteiger partial charge in [0.05, 0.1) is 32.4 Å². The van der Waals surface area contributed by atoms with Crippen molar-refractivity contribution in [1.82, 2.24) is 9.97 Å². The van der Waals surface area contributed by atoms with Gasteiger partial charge >= 0.3 is 6.18 Å². The first-order valence-corrected chi connectivity index (χ1v) is 12.3. The molecule has 182 valence electrons. The lowest BCUT2D eigenvalue weighted by molar-refractivity contribution is -0.136. The van der Waals surface area contributed by atoms with Crippen LogP contribution < -0.4 is 4.74 Å². The van der Waals surface area contributed by atoms with Crippen molar-refractivity contribution in [1.29, 1.82) is 0 Å². The number of rotatable bonds is 5. The van der Waals surface area contributed by atoms with E-state index in [2.05, 4.69) is 9.97 Å². The summed E-state index contributed by atoms with van der Waals surface area (Å²) in [6.45, 7) is 2.90. The minimum atomic E-state index is -4.62. The van der Waals surface area contributed by atoms with E-state index >= 15 is 0 Å². The molecule has 0 amide bonds. The highest BCUT2D eigenvalue weighted by Gasteiger charge is 2.34. The zero-order valence-corrected chi connectivity index (χ0v) is 19.9. The zero-order valence-electron chi connectivity index (χ0n) is 18.3. The lowest BCUT2D eigenvalue weighted by Crippen LogP contribution is -2.08. The SMILES string of the molecule is CCS(=O)(=O)c1cc(F)cc(Oc2ccc(Cl)c(-c3nc(C)nc4c(C(F)(F)F)cccc34)c2)c1. The molecule has 0 aliphatic rings. The van der Waals surface area contributed by atoms with Crippen molar-refractivity contribution >= 4 is 32.3 Å². The molecule has 0 aliphatic heterocycles. The Morgan fingerprint density at radius 1 is 1.00 bits per heavy atom. The van der Waals surface area contributed by atoms with Crippen LogP contribution >= 0.6 is 11.6 Å². The molecular formula is C24H17ClF4N2O3S. The van der Waals surface area contributed by atoms with Gasteiger partial charge in [-0.25, -0.2) is 22.8 Å². The van der Waals surface area contributed by atoms with Gasteiger partial charge in [0.1, 0.15) is 23.1 Å². The van der Waals surface area contributed by atoms with Crippen molar-refractivity contribution in [2.45, 2.75) is 24.9 Å². The molecular weight excluding hydrogens is 508 g/mol. The summed E-state index contributed by atoms with van der Waals surface area (Å²) in [5, 5.41) is 0.314. The van der Waals surface area contributed by atoms with Crippen molar-refractivity contribution in [3.8, 4) is 22.8 Å². The third-order valence-electron chi connectivity index (χ3n) is 5.16. The van der Waals surface area contributed by atoms with E-state index in [9.17, 15) is 26.0 Å². The van der Waals surface area contributed by atoms with Gasteiger partial charge in [-0.1, -0.05) is 30.7 Å². The van der Waals surface area contributed by atoms with Crippen LogP contribution in [0.25, 0.3) is 22.2 Å². The largest absolute Gasteiger partial charge is 0.457 e. The molecule has 0 saturated heterocycles. The van der Waals surface area contributed by atoms with Gasteiger partial charge in [-0.15, -0.1) is 0 Å². The minimum Gasteiger partial charge on any atom is -0.457 e. The molecule has 0 atom stereocenters. The molecule has 0 N–H and O–H groups in total. The second-order valence-corrected chi connectivity index (χ2v) is 10.3. The van der Waals surface area contributed by atoms with E-state index in [4.69, 9.17) is 16.3 Å². The Bertz CT molecular complexity index is 1560. The first-order chi connectivity index (χ1) is 16.4. The maximum Gasteiger partial charge on any atom is 0.418 e. The fourth-order valence-corrected chi connectivity index (χ4v) is 4.65. The molecule has 5 nitrogen and oxygen atoms in total. The number of hydrogen-bond donors (Lipinski definition) is 0. The number of fused-ring (bicyclic) bond motifs is 1. The Morgan fingerprint density at radius 3 is 2.43 bits per heavy atom. The summed E-state index contributed by atoms with van der Waals surface area (Å²) in [7, 11) is -3.69. The van der Waals surface area contributed by atoms with E-state index in [1.165, 1.54) is 50.2 Å². The fourth-order valence-electron chi connectivity index (χ4n) is 3.53. The van der Waals surface area contributed by atoms with E-state index in [0.717, 1.165) is 18.2 Å². The molecule has 0 unspecified atom stereocenters. The topological polar surface area (TPSA) is 69.2 Å². The van der Waals surface area contributed by atoms with Crippen LogP contribution in [0.15, 0.2) is 59.5 Å². The third kappa shape index (κ3) is 5.08. The Balaban J connectivity index is 1.84. The van der Waals surface area contributed by atoms with Gasteiger partial charge in [-0.05, 0) is 43.3 Å². The first kappa shape index (κ1) is 24.9. The Hall–Kier alpha value is -3.24. The quantitative estimate of drug-likeness (QED) is 0.263. The number of aromatic nitrogens is 2. The molecule has 0 bridgehead atoms. The number of para-hydroxylation sites is 1. The summed E-state index contributed by atoms with van der Waals surface area (Å²) in [6.07, 6.45) is -4.62. The van der Waals surface area contributed by atoms with Crippen LogP contribution in [0.2, 0.25) is 5.02 Å². The van der Waals surface area contributed by atoms with Crippen molar-refractivity contribution in [3.05, 3.63) is 76.8 Å². The molecule has 1 heterocycles. The van der Waals surface area contributed by atoms with E-state index in [-0.39, 0.29) is 55.2 Å². The molecule has 0 fully saturated rings. The van der Waals surface area contributed by atoms with Crippen molar-refractivity contribution in [2.24, 2.45) is 0 Å². The van der Waals surface area contributed by atoms with Crippen LogP contribution in [-0.2, 0) is 16.0 Å². The molecule has 0 saturated carbocycles. The number of aryl methyl sites for hydroxylation is 1. The molecule has 4 rings (SSSR count). The highest BCUT2D eigenvalue weighted by atomic mass is 35.5. The van der Waals surface area contributed by atoms with Crippen LogP contribution in [0, 0.1) is 12.7 Å². The second kappa shape index (κ2) is 9.09. The number of ether oxygens (including phenoxy) is 1. The summed E-state index contributed by atoms with van der Waals surface area (Å²) >= 11 is 6.37. The maximum absolute atomic E-state index is 14.1. The standard InChI is InChI=1S/C24H17ClF4N2O3S/c1-3-35(32,33)17-10-14(26)9-16(11-17)34-15-7-8-21(25)19(12-15)22-18-5-4-6-20(24(27,28)29)23(18)31-13(2)30-22/h4-12H,3H2,1-2H3. The monoisotopic (exact) mass is 524 g/mol. The van der Waals surface area contributed by atoms with Gasteiger partial charge in [0, 0.05) is 17.0 Å². The number of sulfone groups is 1. The molecule has 4 aromatic rings. The molecule has 11 heteroatoms. The fraction of sp³-hybridized carbons (Fsp3) is 0.167. The van der Waals surface area contributed by atoms with Crippen LogP contribution in [0.1, 0.15) is 18.3 Å². The van der Waals surface area contributed by atoms with Gasteiger partial charge < -0.3 is 4.74 Å². The number of alkyl halides is 3. The summed E-state index contributed by atoms with van der Waals surface area (Å²) < 4.78 is 84.8. The molecule has 1 aromatic heterocycles. The average Bonchev–Trinajstić information content (AvgIpc) is 2.78. The molecule has 0 radical (unpaired) electrons. The smallest absolute Gasteiger partial charge is 0.418 e. The van der Waals surface area contributed by atoms with Gasteiger partial charge in [0.2, 0.25) is 0 Å². The highest BCUT2D eigenvalue weighted by molar-refractivity contribution is 7.91. The highest BCUT2D eigenvalue weighted by Crippen LogP contribution is 2.39.